The van der Waals surface area contributed by atoms with E-state index in [4.69, 9.17) is 4.42 Å². The minimum atomic E-state index is 0.297. The lowest BCUT2D eigenvalue weighted by Gasteiger charge is -2.07. The van der Waals surface area contributed by atoms with Crippen molar-refractivity contribution in [2.45, 2.75) is 0 Å². The highest BCUT2D eigenvalue weighted by molar-refractivity contribution is 5.81. The summed E-state index contributed by atoms with van der Waals surface area (Å²) >= 11 is 0. The van der Waals surface area contributed by atoms with Gasteiger partial charge in [-0.1, -0.05) is 72.8 Å². The van der Waals surface area contributed by atoms with Gasteiger partial charge < -0.3 is 4.42 Å². The third kappa shape index (κ3) is 4.25. The van der Waals surface area contributed by atoms with Crippen LogP contribution in [0.2, 0.25) is 0 Å². The molecule has 1 N–H and O–H groups in total. The number of nitroso groups, excluding NO2 is 1. The number of aromatic nitrogens is 1. The molecular weight excluding hydrogens is 378 g/mol. The maximum Gasteiger partial charge on any atom is 0.316 e. The lowest BCUT2D eigenvalue weighted by molar-refractivity contribution is 0.587. The molecule has 1 aromatic heterocycles. The Morgan fingerprint density at radius 2 is 1.53 bits per heavy atom. The Hall–Kier alpha value is -4.26. The molecule has 7 nitrogen and oxygen atoms in total. The predicted molar refractivity (Wildman–Crippen MR) is 119 cm³/mol. The summed E-state index contributed by atoms with van der Waals surface area (Å²) < 4.78 is 5.97. The molecule has 0 aliphatic carbocycles. The average Bonchev–Trinajstić information content (AvgIpc) is 3.24. The van der Waals surface area contributed by atoms with Gasteiger partial charge in [0, 0.05) is 18.2 Å². The van der Waals surface area contributed by atoms with Crippen LogP contribution in [0.4, 0.5) is 11.7 Å². The van der Waals surface area contributed by atoms with Crippen molar-refractivity contribution in [3.05, 3.63) is 95.4 Å². The van der Waals surface area contributed by atoms with Crippen molar-refractivity contribution in [3.63, 3.8) is 0 Å². The molecule has 4 rings (SSSR count). The molecule has 0 atom stereocenters. The van der Waals surface area contributed by atoms with Gasteiger partial charge in [-0.25, -0.2) is 10.4 Å². The molecule has 30 heavy (non-hydrogen) atoms. The van der Waals surface area contributed by atoms with Crippen molar-refractivity contribution in [2.24, 2.45) is 10.4 Å². The van der Waals surface area contributed by atoms with E-state index >= 15 is 0 Å². The Morgan fingerprint density at radius 1 is 0.900 bits per heavy atom. The fraction of sp³-hybridized carbons (Fsp3) is 0.0435. The third-order valence-corrected chi connectivity index (χ3v) is 4.47. The van der Waals surface area contributed by atoms with Crippen LogP contribution < -0.4 is 10.4 Å². The highest BCUT2D eigenvalue weighted by Gasteiger charge is 2.16. The lowest BCUT2D eigenvalue weighted by atomic mass is 10.1. The second-order valence-corrected chi connectivity index (χ2v) is 6.50. The van der Waals surface area contributed by atoms with Gasteiger partial charge >= 0.3 is 6.01 Å². The van der Waals surface area contributed by atoms with Crippen LogP contribution in [0, 0.1) is 4.91 Å². The van der Waals surface area contributed by atoms with Crippen molar-refractivity contribution < 1.29 is 4.42 Å². The molecule has 1 heterocycles. The highest BCUT2D eigenvalue weighted by atomic mass is 16.4. The first-order chi connectivity index (χ1) is 14.7. The summed E-state index contributed by atoms with van der Waals surface area (Å²) in [4.78, 5) is 15.2. The van der Waals surface area contributed by atoms with Crippen molar-refractivity contribution in [3.8, 4) is 22.6 Å². The van der Waals surface area contributed by atoms with Crippen LogP contribution in [0.15, 0.2) is 99.7 Å². The van der Waals surface area contributed by atoms with Gasteiger partial charge in [-0.2, -0.15) is 10.1 Å². The molecule has 0 amide bonds. The van der Waals surface area contributed by atoms with E-state index in [1.165, 1.54) is 5.01 Å². The predicted octanol–water partition coefficient (Wildman–Crippen LogP) is 5.57. The zero-order chi connectivity index (χ0) is 20.8. The summed E-state index contributed by atoms with van der Waals surface area (Å²) in [5.74, 6) is 0.674. The Labute approximate surface area is 173 Å². The number of nitrogens with zero attached hydrogens (tertiary/aromatic N) is 4. The van der Waals surface area contributed by atoms with Crippen molar-refractivity contribution >= 4 is 17.9 Å². The molecule has 7 heteroatoms. The number of oxazole rings is 1. The fourth-order valence-electron chi connectivity index (χ4n) is 2.93. The Kier molecular flexibility index (Phi) is 5.61. The van der Waals surface area contributed by atoms with Crippen LogP contribution in [-0.4, -0.2) is 18.2 Å². The van der Waals surface area contributed by atoms with Gasteiger partial charge in [-0.15, -0.1) is 4.91 Å². The minimum absolute atomic E-state index is 0.297. The van der Waals surface area contributed by atoms with Gasteiger partial charge in [0.05, 0.1) is 17.2 Å². The largest absolute Gasteiger partial charge is 0.422 e. The standard InChI is InChI=1S/C23H19N5O2/c1-28(27-29)20-14-12-17(13-15-20)16-24-26-23-25-21(18-8-4-2-5-9-18)22(30-23)19-10-6-3-7-11-19/h2-16H,1H3,(H,25,26)/b24-16+. The van der Waals surface area contributed by atoms with E-state index in [1.807, 2.05) is 72.8 Å². The van der Waals surface area contributed by atoms with Gasteiger partial charge in [0.1, 0.15) is 5.69 Å². The summed E-state index contributed by atoms with van der Waals surface area (Å²) in [6, 6.07) is 27.2. The first-order valence-electron chi connectivity index (χ1n) is 9.32. The molecule has 0 saturated carbocycles. The van der Waals surface area contributed by atoms with Gasteiger partial charge in [0.25, 0.3) is 0 Å². The van der Waals surface area contributed by atoms with Crippen LogP contribution >= 0.6 is 0 Å². The van der Waals surface area contributed by atoms with Gasteiger partial charge in [0.2, 0.25) is 0 Å². The van der Waals surface area contributed by atoms with E-state index < -0.39 is 0 Å². The minimum Gasteiger partial charge on any atom is -0.422 e. The topological polar surface area (TPSA) is 83.1 Å². The number of hydrogen-bond donors (Lipinski definition) is 1. The van der Waals surface area contributed by atoms with Crippen LogP contribution in [0.3, 0.4) is 0 Å². The number of nitrogens with one attached hydrogen (secondary N) is 1. The molecule has 0 bridgehead atoms. The average molecular weight is 397 g/mol. The number of benzene rings is 3. The molecule has 4 aromatic rings. The van der Waals surface area contributed by atoms with E-state index in [-0.39, 0.29) is 0 Å². The van der Waals surface area contributed by atoms with Gasteiger partial charge in [0.15, 0.2) is 5.76 Å². The summed E-state index contributed by atoms with van der Waals surface area (Å²) in [6.07, 6.45) is 1.65. The normalized spacial score (nSPS) is 10.8. The van der Waals surface area contributed by atoms with E-state index in [2.05, 4.69) is 20.8 Å². The smallest absolute Gasteiger partial charge is 0.316 e. The summed E-state index contributed by atoms with van der Waals surface area (Å²) in [5, 5.41) is 8.34. The summed E-state index contributed by atoms with van der Waals surface area (Å²) in [5.41, 5.74) is 7.04. The van der Waals surface area contributed by atoms with E-state index in [0.29, 0.717) is 17.5 Å². The number of anilines is 2. The SMILES string of the molecule is CN(N=O)c1ccc(/C=N/Nc2nc(-c3ccccc3)c(-c3ccccc3)o2)cc1. The molecule has 0 saturated heterocycles. The number of hydrazone groups is 1. The van der Waals surface area contributed by atoms with Crippen molar-refractivity contribution in [1.82, 2.24) is 4.98 Å². The van der Waals surface area contributed by atoms with Gasteiger partial charge in [-0.05, 0) is 17.7 Å². The summed E-state index contributed by atoms with van der Waals surface area (Å²) in [7, 11) is 1.59. The molecule has 0 aliphatic heterocycles. The Balaban J connectivity index is 1.57. The zero-order valence-corrected chi connectivity index (χ0v) is 16.3. The van der Waals surface area contributed by atoms with Crippen LogP contribution in [0.25, 0.3) is 22.6 Å². The second kappa shape index (κ2) is 8.83. The maximum atomic E-state index is 10.6. The Bertz CT molecular complexity index is 1080. The van der Waals surface area contributed by atoms with Crippen LogP contribution in [0.1, 0.15) is 5.56 Å². The van der Waals surface area contributed by atoms with Gasteiger partial charge in [-0.3, -0.25) is 0 Å². The molecule has 0 fully saturated rings. The Morgan fingerprint density at radius 3 is 2.17 bits per heavy atom. The second-order valence-electron chi connectivity index (χ2n) is 6.50. The zero-order valence-electron chi connectivity index (χ0n) is 16.3. The fourth-order valence-corrected chi connectivity index (χ4v) is 2.93. The lowest BCUT2D eigenvalue weighted by Crippen LogP contribution is -2.06. The molecule has 0 spiro atoms. The van der Waals surface area contributed by atoms with E-state index in [0.717, 1.165) is 22.4 Å². The molecular formula is C23H19N5O2. The number of rotatable bonds is 7. The maximum absolute atomic E-state index is 10.6. The molecule has 148 valence electrons. The molecule has 0 radical (unpaired) electrons. The number of hydrogen-bond acceptors (Lipinski definition) is 6. The van der Waals surface area contributed by atoms with Crippen molar-refractivity contribution in [1.29, 1.82) is 0 Å². The quantitative estimate of drug-likeness (QED) is 0.250. The summed E-state index contributed by atoms with van der Waals surface area (Å²) in [6.45, 7) is 0. The van der Waals surface area contributed by atoms with Crippen LogP contribution in [-0.2, 0) is 0 Å². The first kappa shape index (κ1) is 19.1. The third-order valence-electron chi connectivity index (χ3n) is 4.47. The van der Waals surface area contributed by atoms with E-state index in [9.17, 15) is 4.91 Å². The highest BCUT2D eigenvalue weighted by Crippen LogP contribution is 2.34. The van der Waals surface area contributed by atoms with Crippen molar-refractivity contribution in [2.75, 3.05) is 17.5 Å². The van der Waals surface area contributed by atoms with E-state index in [1.54, 1.807) is 25.4 Å². The molecule has 3 aromatic carbocycles. The molecule has 0 aliphatic rings. The molecule has 0 unspecified atom stereocenters. The monoisotopic (exact) mass is 397 g/mol. The first-order valence-corrected chi connectivity index (χ1v) is 9.32. The van der Waals surface area contributed by atoms with Crippen LogP contribution in [0.5, 0.6) is 0 Å².